The summed E-state index contributed by atoms with van der Waals surface area (Å²) in [6.45, 7) is 4.70. The third kappa shape index (κ3) is 6.79. The smallest absolute Gasteiger partial charge is 0.242 e. The zero-order valence-corrected chi connectivity index (χ0v) is 18.0. The van der Waals surface area contributed by atoms with E-state index in [1.165, 1.54) is 0 Å². The molecule has 2 amide bonds. The molecule has 0 aliphatic rings. The highest BCUT2D eigenvalue weighted by Gasteiger charge is 2.25. The number of hydrogen-bond donors (Lipinski definition) is 1. The Morgan fingerprint density at radius 3 is 2.45 bits per heavy atom. The largest absolute Gasteiger partial charge is 0.497 e. The lowest BCUT2D eigenvalue weighted by atomic mass is 10.1. The Hall–Kier alpha value is -2.53. The lowest BCUT2D eigenvalue weighted by Crippen LogP contribution is -2.47. The predicted molar refractivity (Wildman–Crippen MR) is 116 cm³/mol. The second kappa shape index (κ2) is 11.5. The van der Waals surface area contributed by atoms with Gasteiger partial charge in [0.25, 0.3) is 0 Å². The number of rotatable bonds is 10. The van der Waals surface area contributed by atoms with Crippen LogP contribution in [-0.2, 0) is 22.6 Å². The molecule has 0 unspecified atom stereocenters. The van der Waals surface area contributed by atoms with E-state index in [1.807, 2.05) is 55.5 Å². The Balaban J connectivity index is 2.14. The van der Waals surface area contributed by atoms with Gasteiger partial charge in [-0.1, -0.05) is 48.9 Å². The number of carbonyl (C=O) groups excluding carboxylic acids is 2. The Kier molecular flexibility index (Phi) is 9.00. The van der Waals surface area contributed by atoms with Gasteiger partial charge in [0.05, 0.1) is 7.11 Å². The quantitative estimate of drug-likeness (QED) is 0.630. The summed E-state index contributed by atoms with van der Waals surface area (Å²) >= 11 is 6.21. The molecule has 0 aromatic heterocycles. The average Bonchev–Trinajstić information content (AvgIpc) is 2.75. The number of benzene rings is 2. The molecule has 29 heavy (non-hydrogen) atoms. The molecular weight excluding hydrogens is 388 g/mol. The van der Waals surface area contributed by atoms with Crippen molar-refractivity contribution < 1.29 is 14.3 Å². The van der Waals surface area contributed by atoms with Crippen molar-refractivity contribution in [2.45, 2.75) is 45.7 Å². The normalized spacial score (nSPS) is 11.6. The maximum Gasteiger partial charge on any atom is 0.242 e. The van der Waals surface area contributed by atoms with Crippen LogP contribution < -0.4 is 10.1 Å². The van der Waals surface area contributed by atoms with E-state index in [9.17, 15) is 9.59 Å². The zero-order chi connectivity index (χ0) is 21.2. The molecule has 0 aliphatic carbocycles. The van der Waals surface area contributed by atoms with E-state index >= 15 is 0 Å². The third-order valence-electron chi connectivity index (χ3n) is 4.79. The van der Waals surface area contributed by atoms with E-state index in [2.05, 4.69) is 5.32 Å². The maximum absolute atomic E-state index is 13.1. The van der Waals surface area contributed by atoms with Gasteiger partial charge in [-0.2, -0.15) is 0 Å². The van der Waals surface area contributed by atoms with E-state index in [-0.39, 0.29) is 18.2 Å². The number of amides is 2. The summed E-state index contributed by atoms with van der Waals surface area (Å²) in [4.78, 5) is 27.2. The van der Waals surface area contributed by atoms with Gasteiger partial charge in [0.2, 0.25) is 11.8 Å². The van der Waals surface area contributed by atoms with Crippen molar-refractivity contribution in [2.75, 3.05) is 13.7 Å². The van der Waals surface area contributed by atoms with Gasteiger partial charge in [0.1, 0.15) is 11.8 Å². The lowest BCUT2D eigenvalue weighted by molar-refractivity contribution is -0.140. The summed E-state index contributed by atoms with van der Waals surface area (Å²) in [6.07, 6.45) is 1.66. The van der Waals surface area contributed by atoms with Gasteiger partial charge < -0.3 is 15.0 Å². The van der Waals surface area contributed by atoms with Crippen molar-refractivity contribution >= 4 is 23.4 Å². The number of hydrogen-bond acceptors (Lipinski definition) is 3. The zero-order valence-electron chi connectivity index (χ0n) is 17.3. The Labute approximate surface area is 178 Å². The molecular formula is C23H29ClN2O3. The van der Waals surface area contributed by atoms with Crippen molar-refractivity contribution in [2.24, 2.45) is 0 Å². The van der Waals surface area contributed by atoms with Crippen LogP contribution in [0.2, 0.25) is 5.02 Å². The number of nitrogens with one attached hydrogen (secondary N) is 1. The van der Waals surface area contributed by atoms with E-state index in [0.717, 1.165) is 23.3 Å². The Bertz CT molecular complexity index is 808. The first-order valence-corrected chi connectivity index (χ1v) is 10.3. The van der Waals surface area contributed by atoms with Gasteiger partial charge in [0, 0.05) is 24.5 Å². The SMILES string of the molecule is CCCNC(=O)[C@@H](C)N(Cc1ccc(OC)cc1)C(=O)CCc1ccccc1Cl. The van der Waals surface area contributed by atoms with Gasteiger partial charge in [-0.15, -0.1) is 0 Å². The number of nitrogens with zero attached hydrogens (tertiary/aromatic N) is 1. The van der Waals surface area contributed by atoms with Crippen molar-refractivity contribution in [3.05, 3.63) is 64.7 Å². The van der Waals surface area contributed by atoms with Crippen LogP contribution in [0.1, 0.15) is 37.8 Å². The predicted octanol–water partition coefficient (Wildman–Crippen LogP) is 4.22. The van der Waals surface area contributed by atoms with Crippen LogP contribution in [-0.4, -0.2) is 36.4 Å². The van der Waals surface area contributed by atoms with Crippen LogP contribution in [0.4, 0.5) is 0 Å². The molecule has 0 fully saturated rings. The Morgan fingerprint density at radius 1 is 1.14 bits per heavy atom. The van der Waals surface area contributed by atoms with Crippen molar-refractivity contribution in [1.29, 1.82) is 0 Å². The summed E-state index contributed by atoms with van der Waals surface area (Å²) < 4.78 is 5.19. The van der Waals surface area contributed by atoms with Crippen LogP contribution in [0, 0.1) is 0 Å². The standard InChI is InChI=1S/C23H29ClN2O3/c1-4-15-25-23(28)17(2)26(16-18-9-12-20(29-3)13-10-18)22(27)14-11-19-7-5-6-8-21(19)24/h5-10,12-13,17H,4,11,14-16H2,1-3H3,(H,25,28)/t17-/m1/s1. The molecule has 0 saturated heterocycles. The van der Waals surface area contributed by atoms with Crippen LogP contribution in [0.3, 0.4) is 0 Å². The third-order valence-corrected chi connectivity index (χ3v) is 5.16. The highest BCUT2D eigenvalue weighted by Crippen LogP contribution is 2.19. The molecule has 6 heteroatoms. The monoisotopic (exact) mass is 416 g/mol. The highest BCUT2D eigenvalue weighted by atomic mass is 35.5. The van der Waals surface area contributed by atoms with Gasteiger partial charge in [-0.3, -0.25) is 9.59 Å². The molecule has 156 valence electrons. The van der Waals surface area contributed by atoms with Crippen LogP contribution in [0.5, 0.6) is 5.75 Å². The molecule has 5 nitrogen and oxygen atoms in total. The van der Waals surface area contributed by atoms with Gasteiger partial charge >= 0.3 is 0 Å². The molecule has 0 saturated carbocycles. The maximum atomic E-state index is 13.1. The first-order chi connectivity index (χ1) is 14.0. The minimum atomic E-state index is -0.567. The molecule has 2 rings (SSSR count). The molecule has 0 bridgehead atoms. The number of carbonyl (C=O) groups is 2. The van der Waals surface area contributed by atoms with Gasteiger partial charge in [0.15, 0.2) is 0 Å². The number of halogens is 1. The highest BCUT2D eigenvalue weighted by molar-refractivity contribution is 6.31. The number of ether oxygens (including phenoxy) is 1. The summed E-state index contributed by atoms with van der Waals surface area (Å²) in [7, 11) is 1.61. The number of aryl methyl sites for hydroxylation is 1. The van der Waals surface area contributed by atoms with Crippen molar-refractivity contribution in [3.8, 4) is 5.75 Å². The molecule has 0 radical (unpaired) electrons. The fourth-order valence-electron chi connectivity index (χ4n) is 2.99. The summed E-state index contributed by atoms with van der Waals surface area (Å²) in [6, 6.07) is 14.5. The van der Waals surface area contributed by atoms with E-state index in [1.54, 1.807) is 18.9 Å². The van der Waals surface area contributed by atoms with E-state index < -0.39 is 6.04 Å². The molecule has 2 aromatic carbocycles. The van der Waals surface area contributed by atoms with E-state index in [0.29, 0.717) is 24.5 Å². The minimum absolute atomic E-state index is 0.0834. The fraction of sp³-hybridized carbons (Fsp3) is 0.391. The van der Waals surface area contributed by atoms with E-state index in [4.69, 9.17) is 16.3 Å². The van der Waals surface area contributed by atoms with Crippen LogP contribution >= 0.6 is 11.6 Å². The van der Waals surface area contributed by atoms with Gasteiger partial charge in [-0.05, 0) is 49.1 Å². The topological polar surface area (TPSA) is 58.6 Å². The second-order valence-corrected chi connectivity index (χ2v) is 7.34. The summed E-state index contributed by atoms with van der Waals surface area (Å²) in [5.41, 5.74) is 1.86. The molecule has 1 atom stereocenters. The van der Waals surface area contributed by atoms with Gasteiger partial charge in [-0.25, -0.2) is 0 Å². The first-order valence-electron chi connectivity index (χ1n) is 9.89. The second-order valence-electron chi connectivity index (χ2n) is 6.93. The molecule has 2 aromatic rings. The molecule has 0 heterocycles. The van der Waals surface area contributed by atoms with Crippen LogP contribution in [0.15, 0.2) is 48.5 Å². The summed E-state index contributed by atoms with van der Waals surface area (Å²) in [5, 5.41) is 3.53. The molecule has 0 aliphatic heterocycles. The summed E-state index contributed by atoms with van der Waals surface area (Å²) in [5.74, 6) is 0.519. The first kappa shape index (κ1) is 22.8. The minimum Gasteiger partial charge on any atom is -0.497 e. The Morgan fingerprint density at radius 2 is 1.83 bits per heavy atom. The van der Waals surface area contributed by atoms with Crippen LogP contribution in [0.25, 0.3) is 0 Å². The molecule has 1 N–H and O–H groups in total. The number of methoxy groups -OCH3 is 1. The lowest BCUT2D eigenvalue weighted by Gasteiger charge is -2.29. The van der Waals surface area contributed by atoms with Crippen molar-refractivity contribution in [3.63, 3.8) is 0 Å². The van der Waals surface area contributed by atoms with Crippen molar-refractivity contribution in [1.82, 2.24) is 10.2 Å². The molecule has 0 spiro atoms. The fourth-order valence-corrected chi connectivity index (χ4v) is 3.22. The average molecular weight is 417 g/mol.